The van der Waals surface area contributed by atoms with Gasteiger partial charge in [-0.1, -0.05) is 135 Å². The van der Waals surface area contributed by atoms with Crippen LogP contribution in [0, 0.1) is 5.92 Å². The van der Waals surface area contributed by atoms with Crippen LogP contribution in [0.2, 0.25) is 0 Å². The summed E-state index contributed by atoms with van der Waals surface area (Å²) in [6.45, 7) is 1.36. The average Bonchev–Trinajstić information content (AvgIpc) is 3.74. The van der Waals surface area contributed by atoms with Gasteiger partial charge in [0.2, 0.25) is 5.91 Å². The zero-order valence-electron chi connectivity index (χ0n) is 28.8. The number of carbonyl (C=O) groups excluding carboxylic acids is 4. The highest BCUT2D eigenvalue weighted by Gasteiger charge is 2.25. The molecule has 1 aromatic carbocycles. The maximum absolute atomic E-state index is 12.5. The first-order chi connectivity index (χ1) is 23.5. The van der Waals surface area contributed by atoms with Crippen LogP contribution in [-0.4, -0.2) is 48.2 Å². The number of rotatable bonds is 28. The average molecular weight is 696 g/mol. The van der Waals surface area contributed by atoms with Crippen molar-refractivity contribution in [1.82, 2.24) is 10.6 Å². The van der Waals surface area contributed by atoms with E-state index < -0.39 is 0 Å². The summed E-state index contributed by atoms with van der Waals surface area (Å²) in [7, 11) is 4.09. The molecule has 2 N–H and O–H groups in total. The zero-order valence-corrected chi connectivity index (χ0v) is 30.4. The number of carbonyl (C=O) groups is 4. The Bertz CT molecular complexity index is 1190. The predicted octanol–water partition coefficient (Wildman–Crippen LogP) is 9.11. The van der Waals surface area contributed by atoms with Gasteiger partial charge in [0.1, 0.15) is 0 Å². The first-order valence-corrected chi connectivity index (χ1v) is 20.8. The van der Waals surface area contributed by atoms with E-state index in [-0.39, 0.29) is 23.6 Å². The fourth-order valence-corrected chi connectivity index (χ4v) is 8.12. The molecule has 0 aromatic heterocycles. The van der Waals surface area contributed by atoms with Gasteiger partial charge in [0, 0.05) is 54.6 Å². The van der Waals surface area contributed by atoms with Crippen LogP contribution in [0.15, 0.2) is 60.7 Å². The molecule has 2 aliphatic rings. The largest absolute Gasteiger partial charge is 0.355 e. The van der Waals surface area contributed by atoms with Crippen molar-refractivity contribution in [1.29, 1.82) is 0 Å². The van der Waals surface area contributed by atoms with E-state index in [0.717, 1.165) is 30.7 Å². The Morgan fingerprint density at radius 1 is 0.646 bits per heavy atom. The summed E-state index contributed by atoms with van der Waals surface area (Å²) >= 11 is 0. The highest BCUT2D eigenvalue weighted by molar-refractivity contribution is 8.76. The monoisotopic (exact) mass is 695 g/mol. The summed E-state index contributed by atoms with van der Waals surface area (Å²) in [4.78, 5) is 49.3. The molecule has 0 fully saturated rings. The Morgan fingerprint density at radius 2 is 1.17 bits per heavy atom. The number of nitrogens with zero attached hydrogens (tertiary/aromatic N) is 1. The molecular weight excluding hydrogens is 639 g/mol. The molecule has 0 saturated carbocycles. The van der Waals surface area contributed by atoms with Crippen LogP contribution in [0.1, 0.15) is 126 Å². The van der Waals surface area contributed by atoms with Gasteiger partial charge in [0.15, 0.2) is 0 Å². The molecule has 0 atom stereocenters. The fourth-order valence-electron chi connectivity index (χ4n) is 5.83. The topological polar surface area (TPSA) is 95.6 Å². The molecule has 0 unspecified atom stereocenters. The third-order valence-corrected chi connectivity index (χ3v) is 11.3. The van der Waals surface area contributed by atoms with Gasteiger partial charge < -0.3 is 10.6 Å². The molecule has 0 saturated heterocycles. The third kappa shape index (κ3) is 17.0. The Labute approximate surface area is 297 Å². The second kappa shape index (κ2) is 25.2. The van der Waals surface area contributed by atoms with Crippen LogP contribution in [0.5, 0.6) is 0 Å². The molecule has 7 nitrogen and oxygen atoms in total. The van der Waals surface area contributed by atoms with Crippen LogP contribution < -0.4 is 15.5 Å². The molecule has 0 radical (unpaired) electrons. The molecule has 3 rings (SSSR count). The number of nitrogens with one attached hydrogen (secondary N) is 2. The van der Waals surface area contributed by atoms with Gasteiger partial charge in [-0.3, -0.25) is 19.2 Å². The quantitative estimate of drug-likeness (QED) is 0.0516. The van der Waals surface area contributed by atoms with Crippen molar-refractivity contribution in [3.05, 3.63) is 66.3 Å². The number of anilines is 1. The van der Waals surface area contributed by atoms with Crippen LogP contribution in [-0.2, 0) is 14.4 Å². The summed E-state index contributed by atoms with van der Waals surface area (Å²) in [5, 5.41) is 5.99. The van der Waals surface area contributed by atoms with E-state index in [1.807, 2.05) is 33.7 Å². The Hall–Kier alpha value is -2.78. The van der Waals surface area contributed by atoms with Crippen molar-refractivity contribution >= 4 is 50.9 Å². The smallest absolute Gasteiger partial charge is 0.258 e. The Kier molecular flexibility index (Phi) is 20.8. The first kappa shape index (κ1) is 39.7. The summed E-state index contributed by atoms with van der Waals surface area (Å²) in [5.41, 5.74) is 0.869. The maximum Gasteiger partial charge on any atom is 0.258 e. The second-order valence-corrected chi connectivity index (χ2v) is 15.5. The van der Waals surface area contributed by atoms with E-state index in [1.165, 1.54) is 114 Å². The number of allylic oxidation sites excluding steroid dienone is 2. The lowest BCUT2D eigenvalue weighted by Crippen LogP contribution is -2.30. The van der Waals surface area contributed by atoms with Gasteiger partial charge in [0.05, 0.1) is 5.69 Å². The van der Waals surface area contributed by atoms with Crippen molar-refractivity contribution in [2.24, 2.45) is 5.92 Å². The van der Waals surface area contributed by atoms with Gasteiger partial charge in [-0.25, -0.2) is 4.90 Å². The first-order valence-electron chi connectivity index (χ1n) is 18.3. The minimum Gasteiger partial charge on any atom is -0.355 e. The molecule has 0 bridgehead atoms. The molecule has 48 heavy (non-hydrogen) atoms. The predicted molar refractivity (Wildman–Crippen MR) is 203 cm³/mol. The molecule has 1 aliphatic heterocycles. The number of amides is 4. The summed E-state index contributed by atoms with van der Waals surface area (Å²) in [5.74, 6) is 2.15. The lowest BCUT2D eigenvalue weighted by molar-refractivity contribution is -0.121. The van der Waals surface area contributed by atoms with E-state index in [9.17, 15) is 19.2 Å². The normalized spacial score (nSPS) is 14.0. The minimum absolute atomic E-state index is 0.181. The molecule has 0 spiro atoms. The number of unbranched alkanes of at least 4 members (excludes halogenated alkanes) is 15. The summed E-state index contributed by atoms with van der Waals surface area (Å²) in [6.07, 6.45) is 32.6. The maximum atomic E-state index is 12.5. The minimum atomic E-state index is -0.385. The van der Waals surface area contributed by atoms with Crippen molar-refractivity contribution in [2.75, 3.05) is 29.5 Å². The molecule has 1 aromatic rings. The van der Waals surface area contributed by atoms with Crippen molar-refractivity contribution in [3.8, 4) is 0 Å². The van der Waals surface area contributed by atoms with Crippen molar-refractivity contribution in [2.45, 2.75) is 116 Å². The molecule has 264 valence electrons. The summed E-state index contributed by atoms with van der Waals surface area (Å²) < 4.78 is 0. The fraction of sp³-hybridized carbons (Fsp3) is 0.590. The van der Waals surface area contributed by atoms with Crippen molar-refractivity contribution < 1.29 is 19.2 Å². The standard InChI is InChI=1S/C39H57N3O4S2/c43-36(41-32-33-21-15-16-22-33)25-14-10-6-2-5-9-13-19-30-48-47-29-18-12-8-4-1-3-7-11-17-28-40-39(46)34-23-20-24-35(31-34)42-37(44)26-27-38(42)45/h15-16,20-24,26-27,31,33H,1-14,17-19,25,28-30,32H2,(H,40,46)(H,41,43). The lowest BCUT2D eigenvalue weighted by Gasteiger charge is -2.14. The Balaban J connectivity index is 0.989. The van der Waals surface area contributed by atoms with Gasteiger partial charge in [-0.05, 0) is 43.9 Å². The number of imide groups is 1. The molecule has 4 amide bonds. The van der Waals surface area contributed by atoms with E-state index in [0.29, 0.717) is 30.1 Å². The van der Waals surface area contributed by atoms with Gasteiger partial charge in [0.25, 0.3) is 17.7 Å². The SMILES string of the molecule is O=C(CCCCCCCCCCSSCCCCCCCCCCCNC(=O)c1cccc(N2C(=O)C=CC2=O)c1)NCC1C=CC=C1. The van der Waals surface area contributed by atoms with Gasteiger partial charge in [-0.15, -0.1) is 0 Å². The van der Waals surface area contributed by atoms with Gasteiger partial charge >= 0.3 is 0 Å². The number of hydrogen-bond donors (Lipinski definition) is 2. The van der Waals surface area contributed by atoms with Crippen LogP contribution >= 0.6 is 21.6 Å². The number of hydrogen-bond acceptors (Lipinski definition) is 6. The van der Waals surface area contributed by atoms with Crippen LogP contribution in [0.3, 0.4) is 0 Å². The van der Waals surface area contributed by atoms with Gasteiger partial charge in [-0.2, -0.15) is 0 Å². The second-order valence-electron chi connectivity index (χ2n) is 12.8. The molecule has 1 aliphatic carbocycles. The zero-order chi connectivity index (χ0) is 34.1. The molecule has 9 heteroatoms. The Morgan fingerprint density at radius 3 is 1.75 bits per heavy atom. The molecular formula is C39H57N3O4S2. The highest BCUT2D eigenvalue weighted by Crippen LogP contribution is 2.25. The van der Waals surface area contributed by atoms with E-state index in [1.54, 1.807) is 24.3 Å². The molecule has 1 heterocycles. The third-order valence-electron chi connectivity index (χ3n) is 8.69. The highest BCUT2D eigenvalue weighted by atomic mass is 33.1. The van der Waals surface area contributed by atoms with E-state index in [4.69, 9.17) is 0 Å². The van der Waals surface area contributed by atoms with E-state index in [2.05, 4.69) is 22.8 Å². The van der Waals surface area contributed by atoms with Crippen molar-refractivity contribution in [3.63, 3.8) is 0 Å². The number of benzene rings is 1. The van der Waals surface area contributed by atoms with E-state index >= 15 is 0 Å². The lowest BCUT2D eigenvalue weighted by atomic mass is 10.1. The van der Waals surface area contributed by atoms with Crippen LogP contribution in [0.4, 0.5) is 5.69 Å². The van der Waals surface area contributed by atoms with Crippen LogP contribution in [0.25, 0.3) is 0 Å². The summed E-state index contributed by atoms with van der Waals surface area (Å²) in [6, 6.07) is 6.63.